The predicted molar refractivity (Wildman–Crippen MR) is 102 cm³/mol. The van der Waals surface area contributed by atoms with Gasteiger partial charge in [0, 0.05) is 17.6 Å². The van der Waals surface area contributed by atoms with Crippen molar-refractivity contribution in [1.29, 1.82) is 0 Å². The van der Waals surface area contributed by atoms with Gasteiger partial charge in [-0.1, -0.05) is 19.9 Å². The Morgan fingerprint density at radius 3 is 2.61 bits per heavy atom. The molecule has 0 radical (unpaired) electrons. The van der Waals surface area contributed by atoms with Gasteiger partial charge in [0.25, 0.3) is 0 Å². The van der Waals surface area contributed by atoms with Crippen LogP contribution in [0.3, 0.4) is 0 Å². The maximum atomic E-state index is 13.0. The minimum absolute atomic E-state index is 0.190. The van der Waals surface area contributed by atoms with Crippen molar-refractivity contribution in [3.8, 4) is 0 Å². The van der Waals surface area contributed by atoms with Crippen molar-refractivity contribution in [3.63, 3.8) is 0 Å². The predicted octanol–water partition coefficient (Wildman–Crippen LogP) is 1.20. The molecule has 8 heteroatoms. The Morgan fingerprint density at radius 2 is 2.07 bits per heavy atom. The number of aliphatic hydroxyl groups is 2. The van der Waals surface area contributed by atoms with Gasteiger partial charge in [0.2, 0.25) is 0 Å². The Bertz CT molecular complexity index is 674. The van der Waals surface area contributed by atoms with Gasteiger partial charge in [0.15, 0.2) is 17.7 Å². The van der Waals surface area contributed by atoms with Crippen molar-refractivity contribution >= 4 is 11.9 Å². The van der Waals surface area contributed by atoms with E-state index < -0.39 is 46.4 Å². The van der Waals surface area contributed by atoms with E-state index in [1.165, 1.54) is 6.92 Å². The molecule has 0 saturated carbocycles. The third-order valence-corrected chi connectivity index (χ3v) is 5.92. The van der Waals surface area contributed by atoms with Crippen LogP contribution < -0.4 is 0 Å². The largest absolute Gasteiger partial charge is 0.632 e. The van der Waals surface area contributed by atoms with E-state index >= 15 is 0 Å². The second kappa shape index (κ2) is 8.32. The number of rotatable bonds is 7. The summed E-state index contributed by atoms with van der Waals surface area (Å²) in [5, 5.41) is 33.4. The molecule has 1 fully saturated rings. The van der Waals surface area contributed by atoms with Gasteiger partial charge in [0.1, 0.15) is 6.61 Å². The highest BCUT2D eigenvalue weighted by atomic mass is 16.6. The monoisotopic (exact) mass is 397 g/mol. The summed E-state index contributed by atoms with van der Waals surface area (Å²) >= 11 is 0. The van der Waals surface area contributed by atoms with Crippen LogP contribution >= 0.6 is 0 Å². The van der Waals surface area contributed by atoms with Gasteiger partial charge in [-0.2, -0.15) is 0 Å². The van der Waals surface area contributed by atoms with Gasteiger partial charge < -0.3 is 29.5 Å². The molecule has 1 saturated heterocycles. The van der Waals surface area contributed by atoms with Crippen molar-refractivity contribution in [2.24, 2.45) is 5.92 Å². The summed E-state index contributed by atoms with van der Waals surface area (Å²) in [4.78, 5) is 24.5. The number of carbonyl (C=O) groups excluding carboxylic acids is 2. The normalized spacial score (nSPS) is 30.5. The van der Waals surface area contributed by atoms with Crippen LogP contribution in [0.15, 0.2) is 23.3 Å². The molecule has 5 atom stereocenters. The van der Waals surface area contributed by atoms with Crippen LogP contribution in [0.5, 0.6) is 0 Å². The first-order valence-electron chi connectivity index (χ1n) is 9.65. The molecule has 0 bridgehead atoms. The fraction of sp³-hybridized carbons (Fsp3) is 0.700. The summed E-state index contributed by atoms with van der Waals surface area (Å²) in [6.45, 7) is 8.27. The van der Waals surface area contributed by atoms with E-state index in [2.05, 4.69) is 0 Å². The molecular weight excluding hydrogens is 366 g/mol. The lowest BCUT2D eigenvalue weighted by Gasteiger charge is -2.40. The smallest absolute Gasteiger partial charge is 0.341 e. The van der Waals surface area contributed by atoms with Crippen molar-refractivity contribution < 1.29 is 33.9 Å². The molecule has 158 valence electrons. The van der Waals surface area contributed by atoms with Gasteiger partial charge >= 0.3 is 11.9 Å². The van der Waals surface area contributed by atoms with Crippen molar-refractivity contribution in [2.45, 2.75) is 64.9 Å². The Hall–Kier alpha value is -1.74. The van der Waals surface area contributed by atoms with Crippen LogP contribution in [0.2, 0.25) is 0 Å². The number of hydrogen-bond donors (Lipinski definition) is 2. The molecule has 0 aromatic carbocycles. The van der Waals surface area contributed by atoms with Crippen molar-refractivity contribution in [1.82, 2.24) is 0 Å². The quantitative estimate of drug-likeness (QED) is 0.218. The van der Waals surface area contributed by atoms with Gasteiger partial charge in [-0.05, 0) is 32.8 Å². The molecule has 2 aliphatic heterocycles. The number of quaternary nitrogens is 1. The highest BCUT2D eigenvalue weighted by Gasteiger charge is 2.51. The summed E-state index contributed by atoms with van der Waals surface area (Å²) in [5.74, 6) is -1.96. The first-order valence-corrected chi connectivity index (χ1v) is 9.65. The number of allylic oxidation sites excluding steroid dienone is 1. The van der Waals surface area contributed by atoms with Crippen LogP contribution in [0.25, 0.3) is 0 Å². The molecule has 28 heavy (non-hydrogen) atoms. The Kier molecular flexibility index (Phi) is 6.70. The van der Waals surface area contributed by atoms with E-state index in [9.17, 15) is 25.0 Å². The lowest BCUT2D eigenvalue weighted by atomic mass is 9.85. The zero-order valence-corrected chi connectivity index (χ0v) is 17.2. The van der Waals surface area contributed by atoms with Crippen molar-refractivity contribution in [3.05, 3.63) is 28.5 Å². The first kappa shape index (κ1) is 22.5. The molecule has 0 spiro atoms. The van der Waals surface area contributed by atoms with E-state index in [0.29, 0.717) is 24.1 Å². The van der Waals surface area contributed by atoms with Crippen LogP contribution in [0.4, 0.5) is 0 Å². The zero-order chi connectivity index (χ0) is 21.3. The van der Waals surface area contributed by atoms with Crippen LogP contribution in [0, 0.1) is 11.1 Å². The van der Waals surface area contributed by atoms with E-state index in [1.54, 1.807) is 39.8 Å². The molecule has 0 aliphatic carbocycles. The van der Waals surface area contributed by atoms with E-state index in [4.69, 9.17) is 9.47 Å². The lowest BCUT2D eigenvalue weighted by molar-refractivity contribution is -0.877. The highest BCUT2D eigenvalue weighted by molar-refractivity contribution is 5.87. The first-order chi connectivity index (χ1) is 13.0. The molecule has 2 rings (SSSR count). The summed E-state index contributed by atoms with van der Waals surface area (Å²) in [5.41, 5.74) is -0.995. The maximum Gasteiger partial charge on any atom is 0.341 e. The maximum absolute atomic E-state index is 13.0. The van der Waals surface area contributed by atoms with E-state index in [1.807, 2.05) is 0 Å². The number of fused-ring (bicyclic) bond motifs is 1. The van der Waals surface area contributed by atoms with Crippen LogP contribution in [-0.4, -0.2) is 70.3 Å². The Balaban J connectivity index is 2.10. The Labute approximate surface area is 165 Å². The molecule has 2 aliphatic rings. The number of nitrogens with zero attached hydrogens (tertiary/aromatic N) is 1. The highest BCUT2D eigenvalue weighted by Crippen LogP contribution is 2.38. The van der Waals surface area contributed by atoms with E-state index in [-0.39, 0.29) is 13.2 Å². The number of hydrogen-bond acceptors (Lipinski definition) is 7. The second-order valence-electron chi connectivity index (χ2n) is 8.02. The summed E-state index contributed by atoms with van der Waals surface area (Å²) in [6.07, 6.45) is 1.90. The summed E-state index contributed by atoms with van der Waals surface area (Å²) in [7, 11) is 0. The minimum atomic E-state index is -2.03. The minimum Gasteiger partial charge on any atom is -0.632 e. The van der Waals surface area contributed by atoms with Gasteiger partial charge in [-0.25, -0.2) is 9.59 Å². The molecule has 0 amide bonds. The summed E-state index contributed by atoms with van der Waals surface area (Å²) in [6, 6.07) is -0.625. The third-order valence-electron chi connectivity index (χ3n) is 5.92. The topological polar surface area (TPSA) is 116 Å². The van der Waals surface area contributed by atoms with Gasteiger partial charge in [0.05, 0.1) is 19.2 Å². The van der Waals surface area contributed by atoms with Crippen LogP contribution in [-0.2, 0) is 19.1 Å². The molecule has 2 N–H and O–H groups in total. The average molecular weight is 397 g/mol. The number of hydroxylamine groups is 3. The van der Waals surface area contributed by atoms with Crippen molar-refractivity contribution in [2.75, 3.05) is 19.7 Å². The lowest BCUT2D eigenvalue weighted by Crippen LogP contribution is -2.53. The molecular formula is C20H31NO7. The standard InChI is InChI=1S/C20H31NO7/c1-6-13(4)18(23)28-16-8-10-21(26)9-7-15(17(16)21)11-27-19(24)20(25,12(2)3)14(5)22/h6-7,12,14,16-17,22,25H,8-11H2,1-5H3/b13-6+/t14-,16-,17-,20+,21?/m1/s1. The SMILES string of the molecule is C/C=C(\C)C(=O)O[C@@H]1CC[N+]2([O-])CC=C(COC(=O)[C@](O)(C(C)C)[C@@H](C)O)[C@H]12. The van der Waals surface area contributed by atoms with Gasteiger partial charge in [-0.15, -0.1) is 0 Å². The molecule has 8 nitrogen and oxygen atoms in total. The number of esters is 2. The number of aliphatic hydroxyl groups excluding tert-OH is 1. The van der Waals surface area contributed by atoms with E-state index in [0.717, 1.165) is 0 Å². The number of carbonyl (C=O) groups is 2. The Morgan fingerprint density at radius 1 is 1.43 bits per heavy atom. The molecule has 0 aromatic rings. The van der Waals surface area contributed by atoms with Gasteiger partial charge in [-0.3, -0.25) is 0 Å². The zero-order valence-electron chi connectivity index (χ0n) is 17.2. The molecule has 0 aromatic heterocycles. The van der Waals surface area contributed by atoms with Crippen LogP contribution in [0.1, 0.15) is 41.0 Å². The summed E-state index contributed by atoms with van der Waals surface area (Å²) < 4.78 is 10.3. The average Bonchev–Trinajstić information content (AvgIpc) is 3.13. The number of ether oxygens (including phenoxy) is 2. The fourth-order valence-electron chi connectivity index (χ4n) is 3.85. The second-order valence-corrected chi connectivity index (χ2v) is 8.02. The molecule has 1 unspecified atom stereocenters. The molecule has 2 heterocycles. The fourth-order valence-corrected chi connectivity index (χ4v) is 3.85. The third kappa shape index (κ3) is 4.00.